The summed E-state index contributed by atoms with van der Waals surface area (Å²) < 4.78 is 36.7. The van der Waals surface area contributed by atoms with Crippen LogP contribution in [0.25, 0.3) is 22.0 Å². The maximum Gasteiger partial charge on any atom is 0.233 e. The summed E-state index contributed by atoms with van der Waals surface area (Å²) in [4.78, 5) is 4.49. The van der Waals surface area contributed by atoms with E-state index in [4.69, 9.17) is 9.47 Å². The van der Waals surface area contributed by atoms with Crippen molar-refractivity contribution in [1.29, 1.82) is 0 Å². The second-order valence-corrected chi connectivity index (χ2v) is 8.61. The molecule has 28 heavy (non-hydrogen) atoms. The molecule has 0 saturated heterocycles. The van der Waals surface area contributed by atoms with Crippen molar-refractivity contribution in [1.82, 2.24) is 4.98 Å². The lowest BCUT2D eigenvalue weighted by atomic mass is 9.98. The summed E-state index contributed by atoms with van der Waals surface area (Å²) in [5.74, 6) is 1.14. The Kier molecular flexibility index (Phi) is 5.86. The summed E-state index contributed by atoms with van der Waals surface area (Å²) in [6, 6.07) is 13.8. The molecule has 3 rings (SSSR count). The summed E-state index contributed by atoms with van der Waals surface area (Å²) in [5, 5.41) is 0.952. The van der Waals surface area contributed by atoms with Crippen molar-refractivity contribution in [2.45, 2.75) is 20.8 Å². The minimum atomic E-state index is -3.36. The number of rotatable bonds is 7. The van der Waals surface area contributed by atoms with Crippen molar-refractivity contribution >= 4 is 26.7 Å². The number of aromatic nitrogens is 1. The van der Waals surface area contributed by atoms with Crippen LogP contribution in [0.1, 0.15) is 18.1 Å². The van der Waals surface area contributed by atoms with Gasteiger partial charge in [-0.25, -0.2) is 13.4 Å². The lowest BCUT2D eigenvalue weighted by Gasteiger charge is -2.12. The molecule has 0 bridgehead atoms. The molecule has 7 heteroatoms. The summed E-state index contributed by atoms with van der Waals surface area (Å²) >= 11 is 0. The molecular formula is C21H24N2O4S. The van der Waals surface area contributed by atoms with Crippen molar-refractivity contribution in [3.05, 3.63) is 53.6 Å². The lowest BCUT2D eigenvalue weighted by molar-refractivity contribution is 0.0511. The Balaban J connectivity index is 1.97. The fourth-order valence-electron chi connectivity index (χ4n) is 2.95. The van der Waals surface area contributed by atoms with Gasteiger partial charge < -0.3 is 9.47 Å². The maximum absolute atomic E-state index is 11.9. The second-order valence-electron chi connectivity index (χ2n) is 6.59. The number of nitrogens with one attached hydrogen (secondary N) is 1. The zero-order chi connectivity index (χ0) is 20.3. The molecule has 0 aliphatic carbocycles. The van der Waals surface area contributed by atoms with Crippen LogP contribution in [0.2, 0.25) is 0 Å². The Bertz CT molecular complexity index is 1110. The first kappa shape index (κ1) is 20.1. The molecule has 0 radical (unpaired) electrons. The van der Waals surface area contributed by atoms with Crippen LogP contribution in [0.4, 0.5) is 5.82 Å². The highest BCUT2D eigenvalue weighted by molar-refractivity contribution is 7.92. The van der Waals surface area contributed by atoms with Gasteiger partial charge in [0.15, 0.2) is 6.79 Å². The quantitative estimate of drug-likeness (QED) is 0.600. The van der Waals surface area contributed by atoms with Crippen LogP contribution in [0.5, 0.6) is 5.75 Å². The predicted octanol–water partition coefficient (Wildman–Crippen LogP) is 4.26. The number of aryl methyl sites for hydroxylation is 2. The number of fused-ring (bicyclic) bond motifs is 1. The van der Waals surface area contributed by atoms with Gasteiger partial charge >= 0.3 is 0 Å². The number of pyridine rings is 1. The highest BCUT2D eigenvalue weighted by atomic mass is 32.2. The molecule has 1 N–H and O–H groups in total. The summed E-state index contributed by atoms with van der Waals surface area (Å²) in [5.41, 5.74) is 4.76. The standard InChI is InChI=1S/C21H24N2O4S/c1-5-28(24,25)23-21-15(3)10-17-12-16(6-9-20(17)22-21)19-8-7-18(11-14(19)2)27-13-26-4/h6-12H,5,13H2,1-4H3,(H,22,23). The minimum Gasteiger partial charge on any atom is -0.468 e. The van der Waals surface area contributed by atoms with Crippen LogP contribution in [0.3, 0.4) is 0 Å². The Morgan fingerprint density at radius 2 is 1.82 bits per heavy atom. The average Bonchev–Trinajstić information content (AvgIpc) is 2.66. The molecule has 0 aliphatic rings. The van der Waals surface area contributed by atoms with E-state index in [0.717, 1.165) is 38.9 Å². The van der Waals surface area contributed by atoms with Gasteiger partial charge in [0, 0.05) is 12.5 Å². The van der Waals surface area contributed by atoms with E-state index in [-0.39, 0.29) is 12.5 Å². The number of hydrogen-bond donors (Lipinski definition) is 1. The van der Waals surface area contributed by atoms with Crippen LogP contribution in [0, 0.1) is 13.8 Å². The molecule has 0 atom stereocenters. The summed E-state index contributed by atoms with van der Waals surface area (Å²) in [6.07, 6.45) is 0. The molecule has 0 saturated carbocycles. The summed E-state index contributed by atoms with van der Waals surface area (Å²) in [6.45, 7) is 5.69. The Labute approximate surface area is 165 Å². The Morgan fingerprint density at radius 3 is 2.50 bits per heavy atom. The van der Waals surface area contributed by atoms with Gasteiger partial charge in [0.1, 0.15) is 11.6 Å². The SMILES string of the molecule is CCS(=O)(=O)Nc1nc2ccc(-c3ccc(OCOC)cc3C)cc2cc1C. The number of sulfonamides is 1. The first-order valence-corrected chi connectivity index (χ1v) is 10.6. The van der Waals surface area contributed by atoms with E-state index < -0.39 is 10.0 Å². The van der Waals surface area contributed by atoms with Gasteiger partial charge in [-0.1, -0.05) is 12.1 Å². The number of methoxy groups -OCH3 is 1. The zero-order valence-electron chi connectivity index (χ0n) is 16.4. The third kappa shape index (κ3) is 4.43. The predicted molar refractivity (Wildman–Crippen MR) is 112 cm³/mol. The van der Waals surface area contributed by atoms with Crippen molar-refractivity contribution in [2.75, 3.05) is 24.4 Å². The molecule has 0 spiro atoms. The largest absolute Gasteiger partial charge is 0.468 e. The third-order valence-corrected chi connectivity index (χ3v) is 5.75. The normalized spacial score (nSPS) is 11.6. The van der Waals surface area contributed by atoms with Crippen LogP contribution in [-0.2, 0) is 14.8 Å². The number of anilines is 1. The van der Waals surface area contributed by atoms with Gasteiger partial charge in [-0.2, -0.15) is 0 Å². The number of ether oxygens (including phenoxy) is 2. The highest BCUT2D eigenvalue weighted by Gasteiger charge is 2.12. The highest BCUT2D eigenvalue weighted by Crippen LogP contribution is 2.30. The van der Waals surface area contributed by atoms with Crippen LogP contribution in [-0.4, -0.2) is 33.1 Å². The molecule has 148 valence electrons. The molecule has 6 nitrogen and oxygen atoms in total. The first-order valence-electron chi connectivity index (χ1n) is 8.97. The average molecular weight is 401 g/mol. The molecule has 0 fully saturated rings. The van der Waals surface area contributed by atoms with Gasteiger partial charge in [-0.05, 0) is 73.4 Å². The third-order valence-electron chi connectivity index (χ3n) is 4.49. The molecular weight excluding hydrogens is 376 g/mol. The van der Waals surface area contributed by atoms with Crippen LogP contribution < -0.4 is 9.46 Å². The van der Waals surface area contributed by atoms with Gasteiger partial charge in [0.05, 0.1) is 11.3 Å². The van der Waals surface area contributed by atoms with E-state index in [1.807, 2.05) is 50.2 Å². The van der Waals surface area contributed by atoms with E-state index in [1.54, 1.807) is 14.0 Å². The van der Waals surface area contributed by atoms with E-state index in [9.17, 15) is 8.42 Å². The minimum absolute atomic E-state index is 0.00840. The smallest absolute Gasteiger partial charge is 0.233 e. The molecule has 2 aromatic carbocycles. The van der Waals surface area contributed by atoms with E-state index in [0.29, 0.717) is 5.82 Å². The van der Waals surface area contributed by atoms with Crippen molar-refractivity contribution in [2.24, 2.45) is 0 Å². The number of hydrogen-bond acceptors (Lipinski definition) is 5. The molecule has 0 unspecified atom stereocenters. The molecule has 3 aromatic rings. The number of nitrogens with zero attached hydrogens (tertiary/aromatic N) is 1. The first-order chi connectivity index (χ1) is 13.3. The van der Waals surface area contributed by atoms with Crippen molar-refractivity contribution in [3.8, 4) is 16.9 Å². The van der Waals surface area contributed by atoms with Gasteiger partial charge in [-0.3, -0.25) is 4.72 Å². The molecule has 1 aromatic heterocycles. The van der Waals surface area contributed by atoms with E-state index in [2.05, 4.69) is 15.8 Å². The van der Waals surface area contributed by atoms with Crippen molar-refractivity contribution < 1.29 is 17.9 Å². The number of benzene rings is 2. The van der Waals surface area contributed by atoms with Gasteiger partial charge in [0.25, 0.3) is 0 Å². The topological polar surface area (TPSA) is 77.5 Å². The maximum atomic E-state index is 11.9. The summed E-state index contributed by atoms with van der Waals surface area (Å²) in [7, 11) is -1.78. The van der Waals surface area contributed by atoms with Crippen molar-refractivity contribution in [3.63, 3.8) is 0 Å². The Hall–Kier alpha value is -2.64. The van der Waals surface area contributed by atoms with Crippen LogP contribution in [0.15, 0.2) is 42.5 Å². The second kappa shape index (κ2) is 8.16. The van der Waals surface area contributed by atoms with Gasteiger partial charge in [-0.15, -0.1) is 0 Å². The molecule has 0 amide bonds. The van der Waals surface area contributed by atoms with E-state index >= 15 is 0 Å². The molecule has 1 heterocycles. The van der Waals surface area contributed by atoms with Gasteiger partial charge in [0.2, 0.25) is 10.0 Å². The van der Waals surface area contributed by atoms with Crippen LogP contribution >= 0.6 is 0 Å². The molecule has 0 aliphatic heterocycles. The fourth-order valence-corrected chi connectivity index (χ4v) is 3.59. The Morgan fingerprint density at radius 1 is 1.04 bits per heavy atom. The van der Waals surface area contributed by atoms with E-state index in [1.165, 1.54) is 0 Å². The zero-order valence-corrected chi connectivity index (χ0v) is 17.3. The monoisotopic (exact) mass is 400 g/mol. The lowest BCUT2D eigenvalue weighted by Crippen LogP contribution is -2.16. The fraction of sp³-hybridized carbons (Fsp3) is 0.286.